The van der Waals surface area contributed by atoms with Crippen LogP contribution in [-0.4, -0.2) is 11.2 Å². The molecule has 0 aromatic heterocycles. The molecular formula is C12H14ClFO. The summed E-state index contributed by atoms with van der Waals surface area (Å²) >= 11 is 6.07. The van der Waals surface area contributed by atoms with Crippen LogP contribution in [0.3, 0.4) is 0 Å². The van der Waals surface area contributed by atoms with Crippen molar-refractivity contribution in [3.8, 4) is 0 Å². The van der Waals surface area contributed by atoms with E-state index in [0.717, 1.165) is 18.4 Å². The molecule has 0 saturated heterocycles. The van der Waals surface area contributed by atoms with Crippen molar-refractivity contribution in [2.24, 2.45) is 0 Å². The van der Waals surface area contributed by atoms with Gasteiger partial charge in [0, 0.05) is 5.02 Å². The molecule has 1 saturated carbocycles. The van der Waals surface area contributed by atoms with Crippen molar-refractivity contribution in [1.82, 2.24) is 0 Å². The number of aliphatic hydroxyl groups excluding tert-OH is 1. The summed E-state index contributed by atoms with van der Waals surface area (Å²) in [6.45, 7) is 2.03. The Morgan fingerprint density at radius 1 is 1.53 bits per heavy atom. The maximum Gasteiger partial charge on any atom is 0.123 e. The van der Waals surface area contributed by atoms with E-state index in [1.54, 1.807) is 6.07 Å². The summed E-state index contributed by atoms with van der Waals surface area (Å²) in [7, 11) is 0. The van der Waals surface area contributed by atoms with Gasteiger partial charge in [-0.05, 0) is 48.4 Å². The molecule has 0 heterocycles. The summed E-state index contributed by atoms with van der Waals surface area (Å²) in [6, 6.07) is 4.43. The minimum Gasteiger partial charge on any atom is -0.393 e. The van der Waals surface area contributed by atoms with Gasteiger partial charge in [0.2, 0.25) is 0 Å². The maximum absolute atomic E-state index is 13.1. The van der Waals surface area contributed by atoms with Crippen LogP contribution in [0, 0.1) is 5.82 Å². The zero-order valence-electron chi connectivity index (χ0n) is 8.63. The van der Waals surface area contributed by atoms with Gasteiger partial charge in [0.25, 0.3) is 0 Å². The van der Waals surface area contributed by atoms with E-state index in [-0.39, 0.29) is 17.3 Å². The fourth-order valence-corrected chi connectivity index (χ4v) is 2.76. The minimum atomic E-state index is -0.283. The molecule has 0 bridgehead atoms. The van der Waals surface area contributed by atoms with E-state index in [4.69, 9.17) is 11.6 Å². The first-order chi connectivity index (χ1) is 7.01. The molecule has 1 aromatic carbocycles. The fraction of sp³-hybridized carbons (Fsp3) is 0.500. The van der Waals surface area contributed by atoms with Crippen LogP contribution in [-0.2, 0) is 5.41 Å². The first-order valence-corrected chi connectivity index (χ1v) is 5.53. The third-order valence-electron chi connectivity index (χ3n) is 3.29. The molecule has 2 unspecified atom stereocenters. The van der Waals surface area contributed by atoms with E-state index in [9.17, 15) is 9.50 Å². The highest BCUT2D eigenvalue weighted by Gasteiger charge is 2.37. The van der Waals surface area contributed by atoms with Crippen molar-refractivity contribution in [3.63, 3.8) is 0 Å². The zero-order valence-corrected chi connectivity index (χ0v) is 9.39. The average Bonchev–Trinajstić information content (AvgIpc) is 2.52. The summed E-state index contributed by atoms with van der Waals surface area (Å²) in [5, 5.41) is 10.1. The third kappa shape index (κ3) is 2.01. The SMILES string of the molecule is CC1(c2cc(F)ccc2Cl)CCC(O)C1. The fourth-order valence-electron chi connectivity index (χ4n) is 2.41. The van der Waals surface area contributed by atoms with Gasteiger partial charge in [-0.25, -0.2) is 4.39 Å². The van der Waals surface area contributed by atoms with Gasteiger partial charge < -0.3 is 5.11 Å². The lowest BCUT2D eigenvalue weighted by Crippen LogP contribution is -2.19. The lowest BCUT2D eigenvalue weighted by molar-refractivity contribution is 0.175. The van der Waals surface area contributed by atoms with Gasteiger partial charge >= 0.3 is 0 Å². The van der Waals surface area contributed by atoms with E-state index >= 15 is 0 Å². The van der Waals surface area contributed by atoms with Crippen LogP contribution in [0.2, 0.25) is 5.02 Å². The van der Waals surface area contributed by atoms with Crippen LogP contribution in [0.1, 0.15) is 31.7 Å². The van der Waals surface area contributed by atoms with Crippen LogP contribution in [0.5, 0.6) is 0 Å². The Bertz CT molecular complexity index is 380. The van der Waals surface area contributed by atoms with Crippen molar-refractivity contribution in [2.45, 2.75) is 37.7 Å². The van der Waals surface area contributed by atoms with Gasteiger partial charge in [0.05, 0.1) is 6.10 Å². The Morgan fingerprint density at radius 2 is 2.27 bits per heavy atom. The molecule has 1 aliphatic rings. The largest absolute Gasteiger partial charge is 0.393 e. The molecule has 0 aliphatic heterocycles. The van der Waals surface area contributed by atoms with Crippen molar-refractivity contribution in [1.29, 1.82) is 0 Å². The molecule has 15 heavy (non-hydrogen) atoms. The minimum absolute atomic E-state index is 0.182. The molecule has 3 heteroatoms. The van der Waals surface area contributed by atoms with E-state index in [1.165, 1.54) is 12.1 Å². The lowest BCUT2D eigenvalue weighted by atomic mass is 9.81. The average molecular weight is 229 g/mol. The van der Waals surface area contributed by atoms with Crippen LogP contribution in [0.4, 0.5) is 4.39 Å². The quantitative estimate of drug-likeness (QED) is 0.782. The Balaban J connectivity index is 2.40. The molecule has 0 spiro atoms. The highest BCUT2D eigenvalue weighted by molar-refractivity contribution is 6.31. The lowest BCUT2D eigenvalue weighted by Gasteiger charge is -2.25. The van der Waals surface area contributed by atoms with Crippen LogP contribution < -0.4 is 0 Å². The predicted octanol–water partition coefficient (Wildman–Crippen LogP) is 3.28. The second kappa shape index (κ2) is 3.76. The zero-order chi connectivity index (χ0) is 11.1. The van der Waals surface area contributed by atoms with E-state index in [1.807, 2.05) is 6.92 Å². The molecule has 1 aromatic rings. The maximum atomic E-state index is 13.1. The molecule has 1 nitrogen and oxygen atoms in total. The van der Waals surface area contributed by atoms with Gasteiger partial charge in [-0.3, -0.25) is 0 Å². The number of hydrogen-bond acceptors (Lipinski definition) is 1. The molecule has 1 N–H and O–H groups in total. The van der Waals surface area contributed by atoms with Crippen LogP contribution >= 0.6 is 11.6 Å². The Labute approximate surface area is 93.9 Å². The number of hydrogen-bond donors (Lipinski definition) is 1. The van der Waals surface area contributed by atoms with Crippen molar-refractivity contribution >= 4 is 11.6 Å². The summed E-state index contributed by atoms with van der Waals surface area (Å²) < 4.78 is 13.1. The van der Waals surface area contributed by atoms with E-state index in [2.05, 4.69) is 0 Å². The van der Waals surface area contributed by atoms with Crippen molar-refractivity contribution in [2.75, 3.05) is 0 Å². The second-order valence-electron chi connectivity index (χ2n) is 4.58. The summed E-state index contributed by atoms with van der Waals surface area (Å²) in [4.78, 5) is 0. The standard InChI is InChI=1S/C12H14ClFO/c1-12(5-4-9(15)7-12)10-6-8(14)2-3-11(10)13/h2-3,6,9,15H,4-5,7H2,1H3. The molecule has 0 radical (unpaired) electrons. The highest BCUT2D eigenvalue weighted by atomic mass is 35.5. The third-order valence-corrected chi connectivity index (χ3v) is 3.62. The van der Waals surface area contributed by atoms with Gasteiger partial charge in [0.15, 0.2) is 0 Å². The highest BCUT2D eigenvalue weighted by Crippen LogP contribution is 2.43. The summed E-state index contributed by atoms with van der Waals surface area (Å²) in [5.74, 6) is -0.267. The Kier molecular flexibility index (Phi) is 2.73. The Morgan fingerprint density at radius 3 is 2.87 bits per heavy atom. The predicted molar refractivity (Wildman–Crippen MR) is 58.6 cm³/mol. The van der Waals surface area contributed by atoms with Crippen LogP contribution in [0.25, 0.3) is 0 Å². The van der Waals surface area contributed by atoms with Crippen LogP contribution in [0.15, 0.2) is 18.2 Å². The molecule has 1 fully saturated rings. The number of rotatable bonds is 1. The normalized spacial score (nSPS) is 30.8. The van der Waals surface area contributed by atoms with Gasteiger partial charge in [0.1, 0.15) is 5.82 Å². The molecule has 1 aliphatic carbocycles. The van der Waals surface area contributed by atoms with E-state index in [0.29, 0.717) is 11.4 Å². The Hall–Kier alpha value is -0.600. The number of aliphatic hydroxyl groups is 1. The first-order valence-electron chi connectivity index (χ1n) is 5.15. The van der Waals surface area contributed by atoms with Gasteiger partial charge in [-0.1, -0.05) is 18.5 Å². The first kappa shape index (κ1) is 10.9. The topological polar surface area (TPSA) is 20.2 Å². The molecule has 2 rings (SSSR count). The molecule has 82 valence electrons. The number of halogens is 2. The molecule has 0 amide bonds. The summed E-state index contributed by atoms with van der Waals surface area (Å²) in [6.07, 6.45) is 2.01. The number of benzene rings is 1. The molecule has 2 atom stereocenters. The smallest absolute Gasteiger partial charge is 0.123 e. The summed E-state index contributed by atoms with van der Waals surface area (Å²) in [5.41, 5.74) is 0.638. The van der Waals surface area contributed by atoms with Gasteiger partial charge in [-0.15, -0.1) is 0 Å². The monoisotopic (exact) mass is 228 g/mol. The molecular weight excluding hydrogens is 215 g/mol. The van der Waals surface area contributed by atoms with Crippen molar-refractivity contribution < 1.29 is 9.50 Å². The van der Waals surface area contributed by atoms with Gasteiger partial charge in [-0.2, -0.15) is 0 Å². The second-order valence-corrected chi connectivity index (χ2v) is 4.99. The van der Waals surface area contributed by atoms with E-state index < -0.39 is 0 Å². The van der Waals surface area contributed by atoms with Crippen molar-refractivity contribution in [3.05, 3.63) is 34.6 Å².